The predicted molar refractivity (Wildman–Crippen MR) is 124 cm³/mol. The van der Waals surface area contributed by atoms with Gasteiger partial charge in [0.2, 0.25) is 0 Å². The summed E-state index contributed by atoms with van der Waals surface area (Å²) in [4.78, 5) is 25.8. The number of pyridine rings is 1. The fourth-order valence-electron chi connectivity index (χ4n) is 4.30. The van der Waals surface area contributed by atoms with Crippen LogP contribution >= 0.6 is 0 Å². The van der Waals surface area contributed by atoms with Gasteiger partial charge in [0.1, 0.15) is 19.4 Å². The Labute approximate surface area is 181 Å². The topological polar surface area (TPSA) is 66.6 Å². The maximum absolute atomic E-state index is 12.9. The van der Waals surface area contributed by atoms with Crippen molar-refractivity contribution in [2.24, 2.45) is 0 Å². The highest BCUT2D eigenvalue weighted by molar-refractivity contribution is 6.32. The van der Waals surface area contributed by atoms with E-state index in [1.807, 2.05) is 12.3 Å². The Balaban J connectivity index is 1.49. The fraction of sp³-hybridized carbons (Fsp3) is 0.217. The quantitative estimate of drug-likeness (QED) is 0.482. The van der Waals surface area contributed by atoms with Crippen LogP contribution in [0.2, 0.25) is 0 Å². The zero-order valence-electron chi connectivity index (χ0n) is 17.6. The molecule has 1 unspecified atom stereocenters. The van der Waals surface area contributed by atoms with Crippen molar-refractivity contribution in [1.29, 1.82) is 0 Å². The minimum absolute atomic E-state index is 0.144. The fourth-order valence-corrected chi connectivity index (χ4v) is 4.30. The summed E-state index contributed by atoms with van der Waals surface area (Å²) in [7, 11) is 3.87. The minimum atomic E-state index is -0.144. The zero-order chi connectivity index (χ0) is 21.4. The molecule has 1 aromatic carbocycles. The number of hydrogen-bond donors (Lipinski definition) is 0. The van der Waals surface area contributed by atoms with Gasteiger partial charge < -0.3 is 9.80 Å². The Morgan fingerprint density at radius 3 is 2.90 bits per heavy atom. The van der Waals surface area contributed by atoms with Crippen molar-refractivity contribution < 1.29 is 4.79 Å². The van der Waals surface area contributed by atoms with Gasteiger partial charge in [-0.1, -0.05) is 29.7 Å². The zero-order valence-corrected chi connectivity index (χ0v) is 17.6. The van der Waals surface area contributed by atoms with Gasteiger partial charge in [0.25, 0.3) is 5.91 Å². The van der Waals surface area contributed by atoms with Crippen LogP contribution in [0.25, 0.3) is 5.65 Å². The number of carbonyl (C=O) groups excluding carboxylic acids is 1. The molecule has 1 fully saturated rings. The van der Waals surface area contributed by atoms with Crippen molar-refractivity contribution >= 4 is 36.4 Å². The number of benzene rings is 1. The average Bonchev–Trinajstić information content (AvgIpc) is 3.45. The lowest BCUT2D eigenvalue weighted by Crippen LogP contribution is -2.27. The summed E-state index contributed by atoms with van der Waals surface area (Å²) in [5, 5.41) is 4.40. The van der Waals surface area contributed by atoms with E-state index in [1.165, 1.54) is 11.0 Å². The highest BCUT2D eigenvalue weighted by atomic mass is 16.2. The van der Waals surface area contributed by atoms with Gasteiger partial charge >= 0.3 is 0 Å². The molecule has 0 spiro atoms. The number of nitrogens with zero attached hydrogens (tertiary/aromatic N) is 6. The third kappa shape index (κ3) is 3.54. The Hall–Kier alpha value is -3.68. The summed E-state index contributed by atoms with van der Waals surface area (Å²) >= 11 is 0. The maximum atomic E-state index is 12.9. The molecular weight excluding hydrogens is 387 g/mol. The second-order valence-electron chi connectivity index (χ2n) is 7.96. The second-order valence-corrected chi connectivity index (χ2v) is 7.96. The van der Waals surface area contributed by atoms with Crippen LogP contribution in [0, 0.1) is 0 Å². The van der Waals surface area contributed by atoms with E-state index in [0.29, 0.717) is 22.9 Å². The number of hydrogen-bond acceptors (Lipinski definition) is 5. The van der Waals surface area contributed by atoms with Crippen molar-refractivity contribution in [3.63, 3.8) is 0 Å². The predicted octanol–water partition coefficient (Wildman–Crippen LogP) is 2.00. The molecule has 154 valence electrons. The minimum Gasteiger partial charge on any atom is -0.349 e. The first-order valence-electron chi connectivity index (χ1n) is 10.5. The Morgan fingerprint density at radius 1 is 1.19 bits per heavy atom. The van der Waals surface area contributed by atoms with E-state index in [9.17, 15) is 4.79 Å². The van der Waals surface area contributed by atoms with Crippen LogP contribution in [-0.2, 0) is 0 Å². The van der Waals surface area contributed by atoms with Crippen LogP contribution in [0.3, 0.4) is 0 Å². The Morgan fingerprint density at radius 2 is 2.10 bits per heavy atom. The molecule has 0 aliphatic carbocycles. The largest absolute Gasteiger partial charge is 0.349 e. The van der Waals surface area contributed by atoms with Crippen molar-refractivity contribution in [3.8, 4) is 0 Å². The number of anilines is 2. The molecule has 31 heavy (non-hydrogen) atoms. The molecule has 1 amide bonds. The normalized spacial score (nSPS) is 16.0. The molecule has 8 heteroatoms. The highest BCUT2D eigenvalue weighted by Gasteiger charge is 2.28. The summed E-state index contributed by atoms with van der Waals surface area (Å²) in [6.07, 6.45) is 9.04. The third-order valence-electron chi connectivity index (χ3n) is 5.88. The molecule has 5 rings (SSSR count). The first kappa shape index (κ1) is 19.3. The van der Waals surface area contributed by atoms with Crippen LogP contribution in [0.4, 0.5) is 11.5 Å². The average molecular weight is 410 g/mol. The molecule has 1 atom stereocenters. The van der Waals surface area contributed by atoms with Crippen LogP contribution in [0.5, 0.6) is 0 Å². The van der Waals surface area contributed by atoms with Crippen molar-refractivity contribution in [2.45, 2.75) is 18.9 Å². The van der Waals surface area contributed by atoms with Crippen molar-refractivity contribution in [2.75, 3.05) is 23.4 Å². The molecule has 1 aliphatic rings. The van der Waals surface area contributed by atoms with Crippen molar-refractivity contribution in [1.82, 2.24) is 19.6 Å². The van der Waals surface area contributed by atoms with Gasteiger partial charge in [-0.15, -0.1) is 0 Å². The number of aromatic nitrogens is 4. The lowest BCUT2D eigenvalue weighted by Gasteiger charge is -2.26. The van der Waals surface area contributed by atoms with Gasteiger partial charge in [-0.05, 0) is 36.6 Å². The molecule has 0 radical (unpaired) electrons. The standard InChI is InChI=1S/C23H23BN6O/c1-28(23(31)17-6-3-10-25-14-17)20-15-26-30-12-9-21(27-22(20)30)29-11-4-8-19(29)16-5-2-7-18(24)13-16/h2-3,5-7,9-10,12-15,19H,4,8,11,24H2,1H3. The summed E-state index contributed by atoms with van der Waals surface area (Å²) in [6.45, 7) is 0.954. The van der Waals surface area contributed by atoms with Crippen LogP contribution < -0.4 is 15.3 Å². The van der Waals surface area contributed by atoms with Crippen LogP contribution in [0.15, 0.2) is 67.3 Å². The van der Waals surface area contributed by atoms with Gasteiger partial charge in [0, 0.05) is 32.2 Å². The Bertz CT molecular complexity index is 1240. The van der Waals surface area contributed by atoms with Crippen LogP contribution in [0.1, 0.15) is 34.8 Å². The van der Waals surface area contributed by atoms with Crippen LogP contribution in [-0.4, -0.2) is 46.9 Å². The summed E-state index contributed by atoms with van der Waals surface area (Å²) in [6, 6.07) is 14.5. The smallest absolute Gasteiger partial charge is 0.259 e. The van der Waals surface area contributed by atoms with E-state index in [-0.39, 0.29) is 5.91 Å². The molecule has 1 aliphatic heterocycles. The number of carbonyl (C=O) groups is 1. The van der Waals surface area contributed by atoms with E-state index in [0.717, 1.165) is 25.2 Å². The second kappa shape index (κ2) is 7.87. The molecular formula is C23H23BN6O. The molecule has 0 N–H and O–H groups in total. The van der Waals surface area contributed by atoms with E-state index < -0.39 is 0 Å². The SMILES string of the molecule is Bc1cccc(C2CCCN2c2ccn3ncc(N(C)C(=O)c4cccnc4)c3n2)c1. The first-order valence-corrected chi connectivity index (χ1v) is 10.5. The van der Waals surface area contributed by atoms with Gasteiger partial charge in [-0.2, -0.15) is 5.10 Å². The molecule has 3 aromatic heterocycles. The Kier molecular flexibility index (Phi) is 4.90. The summed E-state index contributed by atoms with van der Waals surface area (Å²) < 4.78 is 1.71. The maximum Gasteiger partial charge on any atom is 0.259 e. The molecule has 0 saturated carbocycles. The monoisotopic (exact) mass is 410 g/mol. The lowest BCUT2D eigenvalue weighted by atomic mass is 9.92. The van der Waals surface area contributed by atoms with Gasteiger partial charge in [-0.3, -0.25) is 9.78 Å². The lowest BCUT2D eigenvalue weighted by molar-refractivity contribution is 0.0993. The third-order valence-corrected chi connectivity index (χ3v) is 5.88. The first-order chi connectivity index (χ1) is 15.1. The summed E-state index contributed by atoms with van der Waals surface area (Å²) in [5.74, 6) is 0.759. The van der Waals surface area contributed by atoms with Gasteiger partial charge in [0.05, 0.1) is 17.8 Å². The highest BCUT2D eigenvalue weighted by Crippen LogP contribution is 2.35. The number of rotatable bonds is 4. The van der Waals surface area contributed by atoms with E-state index in [1.54, 1.807) is 47.2 Å². The van der Waals surface area contributed by atoms with E-state index in [4.69, 9.17) is 4.98 Å². The van der Waals surface area contributed by atoms with Gasteiger partial charge in [-0.25, -0.2) is 9.50 Å². The number of amides is 1. The summed E-state index contributed by atoms with van der Waals surface area (Å²) in [5.41, 5.74) is 4.44. The molecule has 0 bridgehead atoms. The molecule has 7 nitrogen and oxygen atoms in total. The molecule has 4 heterocycles. The van der Waals surface area contributed by atoms with Crippen molar-refractivity contribution in [3.05, 3.63) is 78.4 Å². The number of fused-ring (bicyclic) bond motifs is 1. The van der Waals surface area contributed by atoms with Gasteiger partial charge in [0.15, 0.2) is 5.65 Å². The van der Waals surface area contributed by atoms with E-state index in [2.05, 4.69) is 47.1 Å². The molecule has 1 saturated heterocycles. The molecule has 4 aromatic rings. The van der Waals surface area contributed by atoms with E-state index >= 15 is 0 Å².